The van der Waals surface area contributed by atoms with Gasteiger partial charge in [-0.1, -0.05) is 43.2 Å². The fourth-order valence-electron chi connectivity index (χ4n) is 9.00. The molecule has 0 unspecified atom stereocenters. The zero-order valence-electron chi connectivity index (χ0n) is 36.3. The van der Waals surface area contributed by atoms with Crippen molar-refractivity contribution in [3.63, 3.8) is 0 Å². The molecule has 3 aromatic carbocycles. The number of hydrogen-bond acceptors (Lipinski definition) is 13. The molecule has 3 N–H and O–H groups in total. The first-order valence-corrected chi connectivity index (χ1v) is 23.6. The van der Waals surface area contributed by atoms with Gasteiger partial charge in [-0.3, -0.25) is 19.8 Å². The normalized spacial score (nSPS) is 19.9. The average Bonchev–Trinajstić information content (AvgIpc) is 3.75. The Labute approximate surface area is 385 Å². The molecule has 4 aliphatic rings. The number of pyridine rings is 1. The second-order valence-electron chi connectivity index (χ2n) is 17.8. The second-order valence-corrected chi connectivity index (χ2v) is 19.9. The van der Waals surface area contributed by atoms with Gasteiger partial charge >= 0.3 is 6.11 Å². The summed E-state index contributed by atoms with van der Waals surface area (Å²) in [4.78, 5) is 38.0. The van der Waals surface area contributed by atoms with Gasteiger partial charge in [0.2, 0.25) is 5.88 Å². The monoisotopic (exact) mass is 946 g/mol. The minimum atomic E-state index is -4.76. The van der Waals surface area contributed by atoms with E-state index in [9.17, 15) is 23.3 Å². The van der Waals surface area contributed by atoms with Crippen LogP contribution in [0.15, 0.2) is 89.5 Å². The van der Waals surface area contributed by atoms with Crippen molar-refractivity contribution >= 4 is 72.6 Å². The van der Waals surface area contributed by atoms with Gasteiger partial charge in [0, 0.05) is 67.6 Å². The van der Waals surface area contributed by atoms with E-state index in [0.29, 0.717) is 61.1 Å². The summed E-state index contributed by atoms with van der Waals surface area (Å²) in [5.74, 6) is -1.53. The Bertz CT molecular complexity index is 2810. The van der Waals surface area contributed by atoms with Crippen molar-refractivity contribution in [1.82, 2.24) is 19.6 Å². The summed E-state index contributed by atoms with van der Waals surface area (Å²) in [7, 11) is -4.76. The molecule has 348 valence electrons. The predicted molar refractivity (Wildman–Crippen MR) is 247 cm³/mol. The van der Waals surface area contributed by atoms with Crippen LogP contribution in [-0.4, -0.2) is 112 Å². The number of carbonyl (C=O) groups excluding carboxylic acids is 1. The molecule has 66 heavy (non-hydrogen) atoms. The summed E-state index contributed by atoms with van der Waals surface area (Å²) in [5.41, 5.74) is 4.38. The number of aromatic nitrogens is 2. The third-order valence-electron chi connectivity index (χ3n) is 12.5. The van der Waals surface area contributed by atoms with Crippen molar-refractivity contribution in [2.75, 3.05) is 80.8 Å². The van der Waals surface area contributed by atoms with E-state index in [-0.39, 0.29) is 53.2 Å². The number of hydrogen-bond donors (Lipinski definition) is 3. The van der Waals surface area contributed by atoms with E-state index in [0.717, 1.165) is 37.9 Å². The molecule has 20 heteroatoms. The number of rotatable bonds is 12. The van der Waals surface area contributed by atoms with E-state index < -0.39 is 44.1 Å². The van der Waals surface area contributed by atoms with E-state index >= 15 is 8.78 Å². The highest BCUT2D eigenvalue weighted by Crippen LogP contribution is 2.46. The number of benzene rings is 3. The SMILES string of the molecule is CC1(C)CCC(CN2CCN(c3ccc(C(=O)NS(=O)(=O)c4ccc(NC[C@@H]5COCCO5)c([N+](=O)[O-])c4)c(N4CC(F)(F)Oc5nc6[nH]ccc6cc54)c3)CC2)=C(c2ccc(Cl)cc2)C1. The fourth-order valence-corrected chi connectivity index (χ4v) is 10.1. The largest absolute Gasteiger partial charge is 0.417 e. The number of nitro groups is 1. The maximum atomic E-state index is 15.5. The summed E-state index contributed by atoms with van der Waals surface area (Å²) in [5, 5.41) is 16.3. The molecule has 0 bridgehead atoms. The number of nitro benzene ring substituents is 1. The number of alkyl halides is 2. The lowest BCUT2D eigenvalue weighted by atomic mass is 9.72. The first-order valence-electron chi connectivity index (χ1n) is 21.7. The number of ether oxygens (including phenoxy) is 3. The molecule has 9 rings (SSSR count). The molecule has 1 aliphatic carbocycles. The van der Waals surface area contributed by atoms with E-state index in [2.05, 4.69) is 51.1 Å². The number of nitrogens with one attached hydrogen (secondary N) is 3. The number of sulfonamides is 1. The lowest BCUT2D eigenvalue weighted by Gasteiger charge is -2.40. The number of halogens is 3. The number of allylic oxidation sites excluding steroid dienone is 1. The van der Waals surface area contributed by atoms with Crippen molar-refractivity contribution in [3.8, 4) is 5.88 Å². The Balaban J connectivity index is 0.999. The lowest BCUT2D eigenvalue weighted by molar-refractivity contribution is -0.384. The van der Waals surface area contributed by atoms with Crippen LogP contribution in [0.2, 0.25) is 5.02 Å². The molecule has 16 nitrogen and oxygen atoms in total. The van der Waals surface area contributed by atoms with Gasteiger partial charge in [-0.05, 0) is 90.4 Å². The van der Waals surface area contributed by atoms with Crippen molar-refractivity contribution in [2.24, 2.45) is 5.41 Å². The molecule has 3 aliphatic heterocycles. The molecule has 2 aromatic heterocycles. The zero-order valence-corrected chi connectivity index (χ0v) is 37.9. The van der Waals surface area contributed by atoms with Gasteiger partial charge in [-0.25, -0.2) is 13.1 Å². The van der Waals surface area contributed by atoms with Crippen LogP contribution in [0.1, 0.15) is 49.0 Å². The van der Waals surface area contributed by atoms with E-state index in [1.807, 2.05) is 16.9 Å². The third-order valence-corrected chi connectivity index (χ3v) is 14.1. The van der Waals surface area contributed by atoms with Gasteiger partial charge < -0.3 is 34.3 Å². The van der Waals surface area contributed by atoms with Crippen LogP contribution in [0.3, 0.4) is 0 Å². The van der Waals surface area contributed by atoms with Crippen LogP contribution in [0, 0.1) is 15.5 Å². The number of amides is 1. The molecule has 2 saturated heterocycles. The molecule has 0 spiro atoms. The minimum absolute atomic E-state index is 0.0226. The maximum Gasteiger partial charge on any atom is 0.417 e. The van der Waals surface area contributed by atoms with E-state index in [1.54, 1.807) is 30.5 Å². The number of piperazine rings is 1. The van der Waals surface area contributed by atoms with Crippen LogP contribution in [0.25, 0.3) is 16.6 Å². The first-order chi connectivity index (χ1) is 31.5. The van der Waals surface area contributed by atoms with Crippen molar-refractivity contribution in [2.45, 2.75) is 50.2 Å². The van der Waals surface area contributed by atoms with Crippen LogP contribution in [0.4, 0.5) is 37.2 Å². The van der Waals surface area contributed by atoms with Gasteiger partial charge in [0.05, 0.1) is 47.0 Å². The third kappa shape index (κ3) is 9.81. The summed E-state index contributed by atoms with van der Waals surface area (Å²) in [6.45, 7) is 8.19. The van der Waals surface area contributed by atoms with E-state index in [4.69, 9.17) is 25.8 Å². The van der Waals surface area contributed by atoms with Crippen LogP contribution < -0.4 is 24.6 Å². The summed E-state index contributed by atoms with van der Waals surface area (Å²) < 4.78 is 76.8. The number of nitrogens with zero attached hydrogens (tertiary/aromatic N) is 5. The Kier molecular flexibility index (Phi) is 12.4. The second kappa shape index (κ2) is 18.1. The topological polar surface area (TPSA) is 185 Å². The molecule has 1 atom stereocenters. The quantitative estimate of drug-likeness (QED) is 0.0809. The zero-order chi connectivity index (χ0) is 46.4. The Morgan fingerprint density at radius 1 is 1.02 bits per heavy atom. The number of fused-ring (bicyclic) bond motifs is 2. The van der Waals surface area contributed by atoms with Crippen molar-refractivity contribution in [3.05, 3.63) is 111 Å². The summed E-state index contributed by atoms with van der Waals surface area (Å²) in [6.07, 6.45) is 0.484. The molecule has 0 saturated carbocycles. The molecule has 5 aromatic rings. The summed E-state index contributed by atoms with van der Waals surface area (Å²) in [6, 6.07) is 19.2. The van der Waals surface area contributed by atoms with Gasteiger partial charge in [0.1, 0.15) is 23.6 Å². The molecule has 2 fully saturated rings. The van der Waals surface area contributed by atoms with Gasteiger partial charge in [0.15, 0.2) is 0 Å². The molecular formula is C46H49ClF2N8O8S. The molecule has 1 amide bonds. The van der Waals surface area contributed by atoms with E-state index in [1.165, 1.54) is 33.7 Å². The highest BCUT2D eigenvalue weighted by molar-refractivity contribution is 7.90. The summed E-state index contributed by atoms with van der Waals surface area (Å²) >= 11 is 6.24. The van der Waals surface area contributed by atoms with Gasteiger partial charge in [0.25, 0.3) is 21.6 Å². The number of anilines is 4. The van der Waals surface area contributed by atoms with Gasteiger partial charge in [-0.15, -0.1) is 0 Å². The van der Waals surface area contributed by atoms with Crippen LogP contribution >= 0.6 is 11.6 Å². The average molecular weight is 947 g/mol. The Morgan fingerprint density at radius 2 is 1.80 bits per heavy atom. The first kappa shape index (κ1) is 45.3. The molecular weight excluding hydrogens is 898 g/mol. The smallest absolute Gasteiger partial charge is 0.411 e. The van der Waals surface area contributed by atoms with Crippen molar-refractivity contribution in [1.29, 1.82) is 0 Å². The minimum Gasteiger partial charge on any atom is -0.411 e. The lowest BCUT2D eigenvalue weighted by Crippen LogP contribution is -2.47. The van der Waals surface area contributed by atoms with Crippen LogP contribution in [0.5, 0.6) is 5.88 Å². The van der Waals surface area contributed by atoms with Gasteiger partial charge in [-0.2, -0.15) is 13.8 Å². The number of aromatic amines is 1. The maximum absolute atomic E-state index is 15.5. The Hall–Kier alpha value is -5.86. The predicted octanol–water partition coefficient (Wildman–Crippen LogP) is 7.98. The highest BCUT2D eigenvalue weighted by atomic mass is 35.5. The molecule has 5 heterocycles. The standard InChI is InChI=1S/C46H49ClF2N8O8S/c1-45(2)13-11-31(37(24-45)29-3-5-32(47)6-4-29)26-54-15-17-55(18-16-54)33-7-9-36(39(22-33)56-28-46(48,49)65-44-41(56)21-30-12-14-50-42(30)52-44)43(58)53-66(61,62)35-8-10-38(40(23-35)57(59)60)51-25-34-27-63-19-20-64-34/h3-10,12,14,21-23,34,51H,11,13,15-20,24-28H2,1-2H3,(H,50,52)(H,53,58)/t34-/m1/s1. The van der Waals surface area contributed by atoms with Crippen LogP contribution in [-0.2, 0) is 19.5 Å². The van der Waals surface area contributed by atoms with Crippen molar-refractivity contribution < 1.29 is 41.1 Å². The fraction of sp³-hybridized carbons (Fsp3) is 0.391. The Morgan fingerprint density at radius 3 is 2.55 bits per heavy atom. The highest BCUT2D eigenvalue weighted by Gasteiger charge is 2.43. The molecule has 0 radical (unpaired) electrons. The number of H-pyrrole nitrogens is 1. The number of carbonyl (C=O) groups is 1.